The van der Waals surface area contributed by atoms with Gasteiger partial charge in [0, 0.05) is 40.0 Å². The van der Waals surface area contributed by atoms with Crippen LogP contribution in [0.3, 0.4) is 0 Å². The molecule has 1 aliphatic rings. The quantitative estimate of drug-likeness (QED) is 0.313. The summed E-state index contributed by atoms with van der Waals surface area (Å²) >= 11 is 11.9. The zero-order valence-electron chi connectivity index (χ0n) is 16.5. The van der Waals surface area contributed by atoms with Gasteiger partial charge in [-0.3, -0.25) is 29.5 Å². The van der Waals surface area contributed by atoms with Gasteiger partial charge in [-0.1, -0.05) is 29.3 Å². The normalized spacial score (nSPS) is 14.7. The van der Waals surface area contributed by atoms with Crippen molar-refractivity contribution in [1.82, 2.24) is 9.97 Å². The predicted molar refractivity (Wildman–Crippen MR) is 122 cm³/mol. The van der Waals surface area contributed by atoms with E-state index in [9.17, 15) is 24.5 Å². The number of H-pyrrole nitrogens is 1. The van der Waals surface area contributed by atoms with Crippen LogP contribution in [0.25, 0.3) is 0 Å². The standard InChI is InChI=1S/C20H14Cl2N6O5/c21-9-4-10(22)6-12(5-9)24-20-26-17-16(19(31)27-20)14(8-15(29)25-17)18(30)23-11-2-1-3-13(7-11)28(32)33/h1-7,14H,8H2,(H,23,30)(H3,24,25,26,27,29,31). The fraction of sp³-hybridized carbons (Fsp3) is 0.100. The summed E-state index contributed by atoms with van der Waals surface area (Å²) in [6.07, 6.45) is -0.296. The second-order valence-corrected chi connectivity index (χ2v) is 7.93. The third-order valence-corrected chi connectivity index (χ3v) is 5.15. The minimum absolute atomic E-state index is 0.00266. The van der Waals surface area contributed by atoms with Crippen LogP contribution in [0.4, 0.5) is 28.8 Å². The maximum Gasteiger partial charge on any atom is 0.271 e. The molecule has 0 aliphatic carbocycles. The van der Waals surface area contributed by atoms with Crippen LogP contribution in [0, 0.1) is 10.1 Å². The average molecular weight is 489 g/mol. The van der Waals surface area contributed by atoms with Gasteiger partial charge in [0.25, 0.3) is 11.2 Å². The molecule has 1 atom stereocenters. The molecule has 11 nitrogen and oxygen atoms in total. The molecular weight excluding hydrogens is 475 g/mol. The molecule has 0 bridgehead atoms. The van der Waals surface area contributed by atoms with Gasteiger partial charge in [0.1, 0.15) is 5.82 Å². The molecule has 0 radical (unpaired) electrons. The van der Waals surface area contributed by atoms with Crippen LogP contribution in [0.2, 0.25) is 10.0 Å². The van der Waals surface area contributed by atoms with Crippen LogP contribution in [0.15, 0.2) is 47.3 Å². The molecule has 0 saturated heterocycles. The first-order valence-electron chi connectivity index (χ1n) is 9.42. The van der Waals surface area contributed by atoms with Crippen LogP contribution < -0.4 is 21.5 Å². The van der Waals surface area contributed by atoms with Crippen molar-refractivity contribution in [2.24, 2.45) is 0 Å². The van der Waals surface area contributed by atoms with Crippen molar-refractivity contribution >= 4 is 63.8 Å². The Morgan fingerprint density at radius 2 is 1.85 bits per heavy atom. The molecule has 1 unspecified atom stereocenters. The summed E-state index contributed by atoms with van der Waals surface area (Å²) in [5.41, 5.74) is -0.298. The summed E-state index contributed by atoms with van der Waals surface area (Å²) in [7, 11) is 0. The Hall–Kier alpha value is -3.96. The molecule has 1 aromatic heterocycles. The lowest BCUT2D eigenvalue weighted by molar-refractivity contribution is -0.384. The van der Waals surface area contributed by atoms with Crippen molar-refractivity contribution in [3.8, 4) is 0 Å². The summed E-state index contributed by atoms with van der Waals surface area (Å²) in [4.78, 5) is 55.0. The molecule has 168 valence electrons. The van der Waals surface area contributed by atoms with E-state index < -0.39 is 28.2 Å². The summed E-state index contributed by atoms with van der Waals surface area (Å²) in [5.74, 6) is -2.43. The first-order chi connectivity index (χ1) is 15.7. The largest absolute Gasteiger partial charge is 0.326 e. The lowest BCUT2D eigenvalue weighted by Crippen LogP contribution is -2.36. The maximum atomic E-state index is 12.9. The average Bonchev–Trinajstić information content (AvgIpc) is 2.72. The lowest BCUT2D eigenvalue weighted by atomic mass is 9.92. The van der Waals surface area contributed by atoms with Crippen molar-refractivity contribution in [2.75, 3.05) is 16.0 Å². The number of nitrogens with one attached hydrogen (secondary N) is 4. The zero-order chi connectivity index (χ0) is 23.7. The number of rotatable bonds is 5. The van der Waals surface area contributed by atoms with Crippen molar-refractivity contribution in [3.05, 3.63) is 78.5 Å². The Bertz CT molecular complexity index is 1340. The number of nitro groups is 1. The van der Waals surface area contributed by atoms with E-state index in [2.05, 4.69) is 25.9 Å². The van der Waals surface area contributed by atoms with Gasteiger partial charge in [0.05, 0.1) is 16.4 Å². The number of benzene rings is 2. The SMILES string of the molecule is O=C1CC(C(=O)Nc2cccc([N+](=O)[O-])c2)c2c(nc(Nc3cc(Cl)cc(Cl)c3)[nH]c2=O)N1. The van der Waals surface area contributed by atoms with Gasteiger partial charge >= 0.3 is 0 Å². The number of carbonyl (C=O) groups excluding carboxylic acids is 2. The van der Waals surface area contributed by atoms with Gasteiger partial charge in [-0.05, 0) is 24.3 Å². The Morgan fingerprint density at radius 3 is 2.55 bits per heavy atom. The smallest absolute Gasteiger partial charge is 0.271 e. The van der Waals surface area contributed by atoms with E-state index in [-0.39, 0.29) is 35.1 Å². The van der Waals surface area contributed by atoms with Gasteiger partial charge in [-0.2, -0.15) is 4.98 Å². The van der Waals surface area contributed by atoms with Crippen molar-refractivity contribution in [2.45, 2.75) is 12.3 Å². The van der Waals surface area contributed by atoms with E-state index >= 15 is 0 Å². The number of aromatic amines is 1. The molecular formula is C20H14Cl2N6O5. The minimum atomic E-state index is -1.15. The van der Waals surface area contributed by atoms with E-state index in [1.807, 2.05) is 0 Å². The molecule has 0 saturated carbocycles. The summed E-state index contributed by atoms with van der Waals surface area (Å²) in [6.45, 7) is 0. The number of halogens is 2. The first-order valence-corrected chi connectivity index (χ1v) is 10.2. The molecule has 0 spiro atoms. The first kappa shape index (κ1) is 22.2. The highest BCUT2D eigenvalue weighted by Crippen LogP contribution is 2.31. The molecule has 33 heavy (non-hydrogen) atoms. The Balaban J connectivity index is 1.63. The third kappa shape index (κ3) is 4.94. The zero-order valence-corrected chi connectivity index (χ0v) is 18.0. The van der Waals surface area contributed by atoms with Crippen molar-refractivity contribution in [3.63, 3.8) is 0 Å². The Morgan fingerprint density at radius 1 is 1.12 bits per heavy atom. The van der Waals surface area contributed by atoms with Gasteiger partial charge in [-0.25, -0.2) is 0 Å². The molecule has 0 fully saturated rings. The number of nitro benzene ring substituents is 1. The van der Waals surface area contributed by atoms with Crippen molar-refractivity contribution in [1.29, 1.82) is 0 Å². The summed E-state index contributed by atoms with van der Waals surface area (Å²) < 4.78 is 0. The highest BCUT2D eigenvalue weighted by atomic mass is 35.5. The molecule has 13 heteroatoms. The highest BCUT2D eigenvalue weighted by Gasteiger charge is 2.35. The van der Waals surface area contributed by atoms with Crippen LogP contribution >= 0.6 is 23.2 Å². The molecule has 1 aliphatic heterocycles. The summed E-state index contributed by atoms with van der Waals surface area (Å²) in [6, 6.07) is 9.95. The molecule has 2 aromatic carbocycles. The second-order valence-electron chi connectivity index (χ2n) is 7.06. The maximum absolute atomic E-state index is 12.9. The number of fused-ring (bicyclic) bond motifs is 1. The van der Waals surface area contributed by atoms with Crippen LogP contribution in [-0.4, -0.2) is 26.7 Å². The van der Waals surface area contributed by atoms with E-state index in [1.165, 1.54) is 30.3 Å². The van der Waals surface area contributed by atoms with Crippen LogP contribution in [0.1, 0.15) is 17.9 Å². The topological polar surface area (TPSA) is 159 Å². The Kier molecular flexibility index (Phi) is 5.99. The van der Waals surface area contributed by atoms with Crippen LogP contribution in [-0.2, 0) is 9.59 Å². The summed E-state index contributed by atoms with van der Waals surface area (Å²) in [5, 5.41) is 19.5. The second kappa shape index (κ2) is 8.88. The van der Waals surface area contributed by atoms with E-state index in [0.717, 1.165) is 0 Å². The van der Waals surface area contributed by atoms with E-state index in [4.69, 9.17) is 23.2 Å². The molecule has 4 N–H and O–H groups in total. The van der Waals surface area contributed by atoms with E-state index in [1.54, 1.807) is 12.1 Å². The van der Waals surface area contributed by atoms with E-state index in [0.29, 0.717) is 15.7 Å². The number of aromatic nitrogens is 2. The van der Waals surface area contributed by atoms with Gasteiger partial charge in [0.15, 0.2) is 0 Å². The minimum Gasteiger partial charge on any atom is -0.326 e. The monoisotopic (exact) mass is 488 g/mol. The number of nitrogens with zero attached hydrogens (tertiary/aromatic N) is 2. The Labute approximate surface area is 195 Å². The molecule has 3 aromatic rings. The predicted octanol–water partition coefficient (Wildman–Crippen LogP) is 3.79. The third-order valence-electron chi connectivity index (χ3n) is 4.72. The fourth-order valence-corrected chi connectivity index (χ4v) is 3.87. The molecule has 4 rings (SSSR count). The number of hydrogen-bond acceptors (Lipinski definition) is 7. The van der Waals surface area contributed by atoms with Gasteiger partial charge in [0.2, 0.25) is 17.8 Å². The number of hydrogen-bond donors (Lipinski definition) is 4. The highest BCUT2D eigenvalue weighted by molar-refractivity contribution is 6.35. The lowest BCUT2D eigenvalue weighted by Gasteiger charge is -2.23. The number of amides is 2. The molecule has 2 heterocycles. The van der Waals surface area contributed by atoms with Crippen molar-refractivity contribution < 1.29 is 14.5 Å². The van der Waals surface area contributed by atoms with Crippen LogP contribution in [0.5, 0.6) is 0 Å². The number of anilines is 4. The number of non-ortho nitro benzene ring substituents is 1. The molecule has 2 amide bonds. The van der Waals surface area contributed by atoms with Gasteiger partial charge < -0.3 is 16.0 Å². The van der Waals surface area contributed by atoms with Gasteiger partial charge in [-0.15, -0.1) is 0 Å². The fourth-order valence-electron chi connectivity index (χ4n) is 3.34. The number of carbonyl (C=O) groups is 2.